The summed E-state index contributed by atoms with van der Waals surface area (Å²) in [5, 5.41) is 2.93. The van der Waals surface area contributed by atoms with Gasteiger partial charge in [0.2, 0.25) is 5.91 Å². The molecule has 136 valence electrons. The molecule has 0 radical (unpaired) electrons. The predicted molar refractivity (Wildman–Crippen MR) is 108 cm³/mol. The van der Waals surface area contributed by atoms with E-state index >= 15 is 0 Å². The van der Waals surface area contributed by atoms with Crippen molar-refractivity contribution in [1.29, 1.82) is 0 Å². The van der Waals surface area contributed by atoms with Gasteiger partial charge in [-0.1, -0.05) is 58.4 Å². The number of benzene rings is 2. The van der Waals surface area contributed by atoms with E-state index < -0.39 is 0 Å². The molecule has 1 atom stereocenters. The van der Waals surface area contributed by atoms with E-state index in [0.29, 0.717) is 13.2 Å². The molecule has 1 fully saturated rings. The Kier molecular flexibility index (Phi) is 7.00. The quantitative estimate of drug-likeness (QED) is 0.735. The van der Waals surface area contributed by atoms with Gasteiger partial charge in [0, 0.05) is 36.7 Å². The highest BCUT2D eigenvalue weighted by Crippen LogP contribution is 2.13. The molecule has 3 rings (SSSR count). The Bertz CT molecular complexity index is 749. The van der Waals surface area contributed by atoms with E-state index in [4.69, 9.17) is 4.74 Å². The summed E-state index contributed by atoms with van der Waals surface area (Å²) >= 11 is 3.43. The zero-order valence-electron chi connectivity index (χ0n) is 14.6. The molecule has 1 saturated heterocycles. The maximum Gasteiger partial charge on any atom is 0.244 e. The van der Waals surface area contributed by atoms with Crippen LogP contribution >= 0.6 is 15.9 Å². The van der Waals surface area contributed by atoms with Crippen LogP contribution in [0.4, 0.5) is 0 Å². The normalized spacial score (nSPS) is 18.1. The number of amides is 1. The number of carbonyl (C=O) groups excluding carboxylic acids is 1. The molecular weight excluding hydrogens is 392 g/mol. The molecule has 1 N–H and O–H groups in total. The molecule has 5 heteroatoms. The molecule has 2 aromatic carbocycles. The maximum atomic E-state index is 12.0. The molecule has 0 saturated carbocycles. The van der Waals surface area contributed by atoms with Gasteiger partial charge in [0.1, 0.15) is 0 Å². The van der Waals surface area contributed by atoms with E-state index in [1.807, 2.05) is 36.4 Å². The molecule has 1 heterocycles. The van der Waals surface area contributed by atoms with Crippen molar-refractivity contribution in [3.05, 3.63) is 76.3 Å². The van der Waals surface area contributed by atoms with Gasteiger partial charge >= 0.3 is 0 Å². The van der Waals surface area contributed by atoms with Crippen LogP contribution in [0.15, 0.2) is 65.1 Å². The maximum absolute atomic E-state index is 12.0. The highest BCUT2D eigenvalue weighted by molar-refractivity contribution is 9.10. The van der Waals surface area contributed by atoms with Crippen LogP contribution in [-0.4, -0.2) is 43.2 Å². The molecule has 0 aliphatic carbocycles. The number of morpholine rings is 1. The number of carbonyl (C=O) groups is 1. The first-order valence-corrected chi connectivity index (χ1v) is 9.58. The van der Waals surface area contributed by atoms with Gasteiger partial charge in [0.15, 0.2) is 0 Å². The average molecular weight is 415 g/mol. The van der Waals surface area contributed by atoms with Crippen molar-refractivity contribution in [2.45, 2.75) is 12.6 Å². The van der Waals surface area contributed by atoms with Gasteiger partial charge in [-0.3, -0.25) is 9.69 Å². The SMILES string of the molecule is O=C(/C=C/c1cccc(Br)c1)NCC1CN(Cc2ccccc2)CCO1. The lowest BCUT2D eigenvalue weighted by Crippen LogP contribution is -2.46. The minimum atomic E-state index is -0.103. The van der Waals surface area contributed by atoms with Crippen LogP contribution in [0.3, 0.4) is 0 Å². The van der Waals surface area contributed by atoms with Crippen molar-refractivity contribution < 1.29 is 9.53 Å². The lowest BCUT2D eigenvalue weighted by Gasteiger charge is -2.33. The largest absolute Gasteiger partial charge is 0.374 e. The summed E-state index contributed by atoms with van der Waals surface area (Å²) in [6.45, 7) is 3.87. The third-order valence-electron chi connectivity index (χ3n) is 4.25. The van der Waals surface area contributed by atoms with E-state index in [0.717, 1.165) is 29.7 Å². The van der Waals surface area contributed by atoms with Gasteiger partial charge in [-0.15, -0.1) is 0 Å². The Morgan fingerprint density at radius 3 is 2.88 bits per heavy atom. The highest BCUT2D eigenvalue weighted by atomic mass is 79.9. The Hall–Kier alpha value is -1.95. The summed E-state index contributed by atoms with van der Waals surface area (Å²) in [5.74, 6) is -0.103. The number of nitrogens with zero attached hydrogens (tertiary/aromatic N) is 1. The van der Waals surface area contributed by atoms with Gasteiger partial charge < -0.3 is 10.1 Å². The molecule has 1 aliphatic heterocycles. The smallest absolute Gasteiger partial charge is 0.244 e. The van der Waals surface area contributed by atoms with E-state index in [2.05, 4.69) is 50.4 Å². The first-order valence-electron chi connectivity index (χ1n) is 8.78. The number of hydrogen-bond donors (Lipinski definition) is 1. The number of rotatable bonds is 6. The van der Waals surface area contributed by atoms with Gasteiger partial charge in [-0.25, -0.2) is 0 Å². The van der Waals surface area contributed by atoms with Crippen molar-refractivity contribution in [2.75, 3.05) is 26.2 Å². The number of hydrogen-bond acceptors (Lipinski definition) is 3. The Morgan fingerprint density at radius 2 is 2.08 bits per heavy atom. The van der Waals surface area contributed by atoms with Crippen LogP contribution in [0.25, 0.3) is 6.08 Å². The van der Waals surface area contributed by atoms with Crippen LogP contribution in [-0.2, 0) is 16.1 Å². The van der Waals surface area contributed by atoms with E-state index in [9.17, 15) is 4.79 Å². The lowest BCUT2D eigenvalue weighted by molar-refractivity contribution is -0.117. The zero-order valence-corrected chi connectivity index (χ0v) is 16.2. The van der Waals surface area contributed by atoms with Crippen LogP contribution in [0, 0.1) is 0 Å². The molecule has 26 heavy (non-hydrogen) atoms. The second-order valence-corrected chi connectivity index (χ2v) is 7.26. The summed E-state index contributed by atoms with van der Waals surface area (Å²) in [6, 6.07) is 18.3. The standard InChI is InChI=1S/C21H23BrN2O2/c22-19-8-4-7-17(13-19)9-10-21(25)23-14-20-16-24(11-12-26-20)15-18-5-2-1-3-6-18/h1-10,13,20H,11-12,14-16H2,(H,23,25)/b10-9+. The summed E-state index contributed by atoms with van der Waals surface area (Å²) in [5.41, 5.74) is 2.28. The second kappa shape index (κ2) is 9.67. The first kappa shape index (κ1) is 18.8. The minimum absolute atomic E-state index is 0.0238. The molecule has 4 nitrogen and oxygen atoms in total. The van der Waals surface area contributed by atoms with E-state index in [-0.39, 0.29) is 12.0 Å². The lowest BCUT2D eigenvalue weighted by atomic mass is 10.2. The fraction of sp³-hybridized carbons (Fsp3) is 0.286. The van der Waals surface area contributed by atoms with Crippen molar-refractivity contribution in [3.8, 4) is 0 Å². The molecule has 1 amide bonds. The zero-order chi connectivity index (χ0) is 18.2. The number of nitrogens with one attached hydrogen (secondary N) is 1. The van der Waals surface area contributed by atoms with Crippen molar-refractivity contribution in [3.63, 3.8) is 0 Å². The fourth-order valence-electron chi connectivity index (χ4n) is 2.94. The number of ether oxygens (including phenoxy) is 1. The van der Waals surface area contributed by atoms with Gasteiger partial charge in [-0.05, 0) is 29.3 Å². The summed E-state index contributed by atoms with van der Waals surface area (Å²) in [7, 11) is 0. The minimum Gasteiger partial charge on any atom is -0.374 e. The van der Waals surface area contributed by atoms with E-state index in [1.54, 1.807) is 6.08 Å². The van der Waals surface area contributed by atoms with Crippen LogP contribution in [0.2, 0.25) is 0 Å². The number of halogens is 1. The fourth-order valence-corrected chi connectivity index (χ4v) is 3.36. The molecule has 2 aromatic rings. The van der Waals surface area contributed by atoms with Crippen molar-refractivity contribution in [2.24, 2.45) is 0 Å². The Balaban J connectivity index is 1.44. The van der Waals surface area contributed by atoms with Crippen LogP contribution in [0.1, 0.15) is 11.1 Å². The van der Waals surface area contributed by atoms with Crippen molar-refractivity contribution >= 4 is 27.9 Å². The Labute approximate surface area is 163 Å². The monoisotopic (exact) mass is 414 g/mol. The highest BCUT2D eigenvalue weighted by Gasteiger charge is 2.20. The van der Waals surface area contributed by atoms with Crippen LogP contribution < -0.4 is 5.32 Å². The summed E-state index contributed by atoms with van der Waals surface area (Å²) in [6.07, 6.45) is 3.39. The average Bonchev–Trinajstić information content (AvgIpc) is 2.66. The van der Waals surface area contributed by atoms with E-state index in [1.165, 1.54) is 5.56 Å². The molecule has 0 aromatic heterocycles. The molecule has 0 bridgehead atoms. The predicted octanol–water partition coefficient (Wildman–Crippen LogP) is 3.48. The molecule has 1 unspecified atom stereocenters. The molecule has 0 spiro atoms. The van der Waals surface area contributed by atoms with Gasteiger partial charge in [0.05, 0.1) is 12.7 Å². The topological polar surface area (TPSA) is 41.6 Å². The summed E-state index contributed by atoms with van der Waals surface area (Å²) in [4.78, 5) is 14.4. The molecule has 1 aliphatic rings. The second-order valence-electron chi connectivity index (χ2n) is 6.35. The molecular formula is C21H23BrN2O2. The third kappa shape index (κ3) is 6.09. The summed E-state index contributed by atoms with van der Waals surface area (Å²) < 4.78 is 6.78. The van der Waals surface area contributed by atoms with Crippen molar-refractivity contribution in [1.82, 2.24) is 10.2 Å². The Morgan fingerprint density at radius 1 is 1.23 bits per heavy atom. The third-order valence-corrected chi connectivity index (χ3v) is 4.74. The first-order chi connectivity index (χ1) is 12.7. The van der Waals surface area contributed by atoms with Gasteiger partial charge in [-0.2, -0.15) is 0 Å². The van der Waals surface area contributed by atoms with Gasteiger partial charge in [0.25, 0.3) is 0 Å². The van der Waals surface area contributed by atoms with Crippen LogP contribution in [0.5, 0.6) is 0 Å².